The highest BCUT2D eigenvalue weighted by Crippen LogP contribution is 2.27. The summed E-state index contributed by atoms with van der Waals surface area (Å²) >= 11 is 0. The van der Waals surface area contributed by atoms with E-state index in [-0.39, 0.29) is 5.91 Å². The van der Waals surface area contributed by atoms with Gasteiger partial charge in [-0.1, -0.05) is 26.0 Å². The minimum atomic E-state index is 0.0335. The molecule has 0 fully saturated rings. The van der Waals surface area contributed by atoms with Crippen molar-refractivity contribution in [1.82, 2.24) is 14.7 Å². The van der Waals surface area contributed by atoms with Crippen molar-refractivity contribution in [3.63, 3.8) is 0 Å². The van der Waals surface area contributed by atoms with E-state index >= 15 is 0 Å². The molecule has 0 aliphatic rings. The number of aryl methyl sites for hydroxylation is 3. The SMILES string of the molecule is Cc1ccn2c(CC(=O)NCC(C)C)c(-c3ccc(C)c(C)c3)nc2c1. The molecule has 1 N–H and O–H groups in total. The summed E-state index contributed by atoms with van der Waals surface area (Å²) in [5, 5.41) is 3.02. The molecule has 0 bridgehead atoms. The van der Waals surface area contributed by atoms with Crippen LogP contribution >= 0.6 is 0 Å². The standard InChI is InChI=1S/C22H27N3O/c1-14(2)13-23-21(26)12-19-22(18-7-6-16(4)17(5)11-18)24-20-10-15(3)8-9-25(19)20/h6-11,14H,12-13H2,1-5H3,(H,23,26). The summed E-state index contributed by atoms with van der Waals surface area (Å²) in [6.45, 7) is 11.1. The summed E-state index contributed by atoms with van der Waals surface area (Å²) in [6.07, 6.45) is 2.33. The van der Waals surface area contributed by atoms with Crippen LogP contribution in [0.3, 0.4) is 0 Å². The van der Waals surface area contributed by atoms with Gasteiger partial charge in [0.2, 0.25) is 5.91 Å². The number of nitrogens with zero attached hydrogens (tertiary/aromatic N) is 2. The first-order valence-electron chi connectivity index (χ1n) is 9.17. The van der Waals surface area contributed by atoms with Crippen LogP contribution in [0.5, 0.6) is 0 Å². The van der Waals surface area contributed by atoms with Crippen molar-refractivity contribution < 1.29 is 4.79 Å². The number of carbonyl (C=O) groups is 1. The number of imidazole rings is 1. The molecule has 0 saturated carbocycles. The van der Waals surface area contributed by atoms with E-state index in [0.29, 0.717) is 18.9 Å². The first-order valence-corrected chi connectivity index (χ1v) is 9.17. The molecule has 2 heterocycles. The highest BCUT2D eigenvalue weighted by atomic mass is 16.1. The quantitative estimate of drug-likeness (QED) is 0.749. The number of fused-ring (bicyclic) bond motifs is 1. The lowest BCUT2D eigenvalue weighted by Gasteiger charge is -2.10. The summed E-state index contributed by atoms with van der Waals surface area (Å²) in [6, 6.07) is 10.5. The summed E-state index contributed by atoms with van der Waals surface area (Å²) in [5.74, 6) is 0.467. The Bertz CT molecular complexity index is 953. The first-order chi connectivity index (χ1) is 12.3. The zero-order valence-corrected chi connectivity index (χ0v) is 16.3. The molecule has 0 unspecified atom stereocenters. The molecule has 0 saturated heterocycles. The maximum absolute atomic E-state index is 12.5. The Balaban J connectivity index is 2.06. The highest BCUT2D eigenvalue weighted by molar-refractivity contribution is 5.81. The average Bonchev–Trinajstić information content (AvgIpc) is 2.93. The van der Waals surface area contributed by atoms with Gasteiger partial charge >= 0.3 is 0 Å². The zero-order valence-electron chi connectivity index (χ0n) is 16.3. The zero-order chi connectivity index (χ0) is 18.8. The van der Waals surface area contributed by atoms with Crippen molar-refractivity contribution in [2.45, 2.75) is 41.0 Å². The second kappa shape index (κ2) is 7.32. The fourth-order valence-electron chi connectivity index (χ4n) is 3.02. The Hall–Kier alpha value is -2.62. The van der Waals surface area contributed by atoms with E-state index in [2.05, 4.69) is 64.2 Å². The molecule has 2 aromatic heterocycles. The van der Waals surface area contributed by atoms with Crippen LogP contribution < -0.4 is 5.32 Å². The van der Waals surface area contributed by atoms with Crippen LogP contribution in [-0.2, 0) is 11.2 Å². The molecule has 3 rings (SSSR count). The second-order valence-corrected chi connectivity index (χ2v) is 7.51. The van der Waals surface area contributed by atoms with E-state index in [1.807, 2.05) is 16.7 Å². The van der Waals surface area contributed by atoms with Crippen LogP contribution in [0.4, 0.5) is 0 Å². The topological polar surface area (TPSA) is 46.4 Å². The largest absolute Gasteiger partial charge is 0.356 e. The molecule has 26 heavy (non-hydrogen) atoms. The molecule has 4 nitrogen and oxygen atoms in total. The smallest absolute Gasteiger partial charge is 0.226 e. The summed E-state index contributed by atoms with van der Waals surface area (Å²) < 4.78 is 2.03. The van der Waals surface area contributed by atoms with Gasteiger partial charge in [0.05, 0.1) is 17.8 Å². The molecule has 0 aliphatic heterocycles. The molecule has 3 aromatic rings. The van der Waals surface area contributed by atoms with Gasteiger partial charge in [-0.2, -0.15) is 0 Å². The van der Waals surface area contributed by atoms with Crippen molar-refractivity contribution in [2.24, 2.45) is 5.92 Å². The number of aromatic nitrogens is 2. The van der Waals surface area contributed by atoms with Gasteiger partial charge in [0.25, 0.3) is 0 Å². The average molecular weight is 349 g/mol. The van der Waals surface area contributed by atoms with Crippen molar-refractivity contribution in [3.05, 3.63) is 58.9 Å². The van der Waals surface area contributed by atoms with Crippen LogP contribution in [0.1, 0.15) is 36.2 Å². The first kappa shape index (κ1) is 18.2. The van der Waals surface area contributed by atoms with Crippen LogP contribution in [0.15, 0.2) is 36.5 Å². The van der Waals surface area contributed by atoms with E-state index < -0.39 is 0 Å². The third-order valence-corrected chi connectivity index (χ3v) is 4.70. The van der Waals surface area contributed by atoms with E-state index in [1.54, 1.807) is 0 Å². The van der Waals surface area contributed by atoms with Gasteiger partial charge in [-0.25, -0.2) is 4.98 Å². The fourth-order valence-corrected chi connectivity index (χ4v) is 3.02. The molecule has 0 radical (unpaired) electrons. The van der Waals surface area contributed by atoms with Gasteiger partial charge in [-0.05, 0) is 61.6 Å². The summed E-state index contributed by atoms with van der Waals surface area (Å²) in [4.78, 5) is 17.3. The van der Waals surface area contributed by atoms with Crippen molar-refractivity contribution in [2.75, 3.05) is 6.54 Å². The fraction of sp³-hybridized carbons (Fsp3) is 0.364. The Morgan fingerprint density at radius 1 is 1.12 bits per heavy atom. The lowest BCUT2D eigenvalue weighted by Crippen LogP contribution is -2.29. The second-order valence-electron chi connectivity index (χ2n) is 7.51. The lowest BCUT2D eigenvalue weighted by molar-refractivity contribution is -0.120. The Morgan fingerprint density at radius 2 is 1.88 bits per heavy atom. The van der Waals surface area contributed by atoms with Crippen LogP contribution in [0.2, 0.25) is 0 Å². The molecule has 136 valence electrons. The van der Waals surface area contributed by atoms with E-state index in [0.717, 1.165) is 28.2 Å². The summed E-state index contributed by atoms with van der Waals surface area (Å²) in [5.41, 5.74) is 7.40. The van der Waals surface area contributed by atoms with E-state index in [4.69, 9.17) is 4.98 Å². The van der Waals surface area contributed by atoms with E-state index in [1.165, 1.54) is 11.1 Å². The number of benzene rings is 1. The maximum Gasteiger partial charge on any atom is 0.226 e. The molecule has 0 aliphatic carbocycles. The predicted molar refractivity (Wildman–Crippen MR) is 106 cm³/mol. The Labute approximate surface area is 155 Å². The third kappa shape index (κ3) is 3.79. The number of rotatable bonds is 5. The van der Waals surface area contributed by atoms with Crippen LogP contribution in [-0.4, -0.2) is 21.8 Å². The Kier molecular flexibility index (Phi) is 5.12. The monoisotopic (exact) mass is 349 g/mol. The van der Waals surface area contributed by atoms with Crippen molar-refractivity contribution in [3.8, 4) is 11.3 Å². The number of amides is 1. The molecule has 1 aromatic carbocycles. The van der Waals surface area contributed by atoms with Gasteiger partial charge in [0.15, 0.2) is 0 Å². The van der Waals surface area contributed by atoms with Gasteiger partial charge in [-0.3, -0.25) is 4.79 Å². The van der Waals surface area contributed by atoms with Gasteiger partial charge in [0.1, 0.15) is 5.65 Å². The molecule has 0 spiro atoms. The van der Waals surface area contributed by atoms with Gasteiger partial charge < -0.3 is 9.72 Å². The predicted octanol–water partition coefficient (Wildman–Crippen LogP) is 4.24. The number of nitrogens with one attached hydrogen (secondary N) is 1. The lowest BCUT2D eigenvalue weighted by atomic mass is 10.0. The van der Waals surface area contributed by atoms with Crippen molar-refractivity contribution in [1.29, 1.82) is 0 Å². The number of hydrogen-bond donors (Lipinski definition) is 1. The maximum atomic E-state index is 12.5. The highest BCUT2D eigenvalue weighted by Gasteiger charge is 2.17. The van der Waals surface area contributed by atoms with Crippen molar-refractivity contribution >= 4 is 11.6 Å². The van der Waals surface area contributed by atoms with Crippen LogP contribution in [0, 0.1) is 26.7 Å². The summed E-state index contributed by atoms with van der Waals surface area (Å²) in [7, 11) is 0. The molecular weight excluding hydrogens is 322 g/mol. The van der Waals surface area contributed by atoms with Crippen LogP contribution in [0.25, 0.3) is 16.9 Å². The van der Waals surface area contributed by atoms with Gasteiger partial charge in [-0.15, -0.1) is 0 Å². The van der Waals surface area contributed by atoms with E-state index in [9.17, 15) is 4.79 Å². The minimum Gasteiger partial charge on any atom is -0.356 e. The number of hydrogen-bond acceptors (Lipinski definition) is 2. The Morgan fingerprint density at radius 3 is 2.58 bits per heavy atom. The van der Waals surface area contributed by atoms with Gasteiger partial charge in [0, 0.05) is 18.3 Å². The third-order valence-electron chi connectivity index (χ3n) is 4.70. The normalized spacial score (nSPS) is 11.3. The number of carbonyl (C=O) groups excluding carboxylic acids is 1. The number of pyridine rings is 1. The minimum absolute atomic E-state index is 0.0335. The molecule has 4 heteroatoms. The molecule has 1 amide bonds. The molecule has 0 atom stereocenters. The molecular formula is C22H27N3O.